The Hall–Kier alpha value is -3.33. The number of fused-ring (bicyclic) bond motifs is 1. The van der Waals surface area contributed by atoms with Crippen molar-refractivity contribution in [3.8, 4) is 23.3 Å². The highest BCUT2D eigenvalue weighted by Crippen LogP contribution is 2.43. The Morgan fingerprint density at radius 1 is 1.31 bits per heavy atom. The fraction of sp³-hybridized carbons (Fsp3) is 0.200. The van der Waals surface area contributed by atoms with Gasteiger partial charge in [0.15, 0.2) is 23.9 Å². The van der Waals surface area contributed by atoms with Gasteiger partial charge in [-0.05, 0) is 35.9 Å². The highest BCUT2D eigenvalue weighted by atomic mass is 19.1. The van der Waals surface area contributed by atoms with Crippen molar-refractivity contribution in [2.75, 3.05) is 13.7 Å². The van der Waals surface area contributed by atoms with Crippen LogP contribution in [-0.2, 0) is 0 Å². The molecule has 0 fully saturated rings. The normalized spacial score (nSPS) is 17.1. The number of ketones is 1. The first-order chi connectivity index (χ1) is 12.5. The monoisotopic (exact) mass is 353 g/mol. The number of carbonyl (C=O) groups excluding carboxylic acids is 1. The van der Waals surface area contributed by atoms with E-state index in [9.17, 15) is 14.3 Å². The van der Waals surface area contributed by atoms with Crippen LogP contribution in [0.1, 0.15) is 34.3 Å². The molecule has 0 saturated carbocycles. The summed E-state index contributed by atoms with van der Waals surface area (Å²) >= 11 is 0. The predicted octanol–water partition coefficient (Wildman–Crippen LogP) is 3.83. The predicted molar refractivity (Wildman–Crippen MR) is 92.9 cm³/mol. The quantitative estimate of drug-likeness (QED) is 0.845. The average molecular weight is 353 g/mol. The summed E-state index contributed by atoms with van der Waals surface area (Å²) in [5.41, 5.74) is 1.27. The third kappa shape index (κ3) is 2.88. The number of benzene rings is 2. The molecule has 0 aliphatic heterocycles. The minimum Gasteiger partial charge on any atom is -0.507 e. The van der Waals surface area contributed by atoms with Gasteiger partial charge in [0.05, 0.1) is 12.7 Å². The lowest BCUT2D eigenvalue weighted by molar-refractivity contribution is 0.103. The molecule has 1 N–H and O–H groups in total. The molecule has 0 spiro atoms. The molecule has 132 valence electrons. The number of nitrogens with zero attached hydrogens (tertiary/aromatic N) is 1. The second kappa shape index (κ2) is 6.89. The summed E-state index contributed by atoms with van der Waals surface area (Å²) in [7, 11) is 1.47. The lowest BCUT2D eigenvalue weighted by Gasteiger charge is -2.10. The summed E-state index contributed by atoms with van der Waals surface area (Å²) in [6.45, 7) is 1.61. The minimum atomic E-state index is -0.514. The largest absolute Gasteiger partial charge is 0.507 e. The lowest BCUT2D eigenvalue weighted by Crippen LogP contribution is -1.99. The van der Waals surface area contributed by atoms with Crippen molar-refractivity contribution in [1.82, 2.24) is 0 Å². The molecule has 2 aromatic carbocycles. The zero-order valence-corrected chi connectivity index (χ0v) is 14.2. The van der Waals surface area contributed by atoms with Crippen molar-refractivity contribution in [1.29, 1.82) is 5.26 Å². The Kier molecular flexibility index (Phi) is 4.63. The number of halogens is 1. The van der Waals surface area contributed by atoms with Gasteiger partial charge in [-0.25, -0.2) is 4.39 Å². The van der Waals surface area contributed by atoms with Crippen LogP contribution < -0.4 is 9.47 Å². The van der Waals surface area contributed by atoms with E-state index in [0.29, 0.717) is 22.6 Å². The fourth-order valence-corrected chi connectivity index (χ4v) is 3.11. The minimum absolute atomic E-state index is 0.0182. The molecule has 3 rings (SSSR count). The van der Waals surface area contributed by atoms with E-state index in [1.165, 1.54) is 13.2 Å². The van der Waals surface area contributed by atoms with Crippen molar-refractivity contribution in [3.63, 3.8) is 0 Å². The van der Waals surface area contributed by atoms with E-state index in [1.807, 2.05) is 6.07 Å². The second-order valence-electron chi connectivity index (χ2n) is 5.86. The number of allylic oxidation sites excluding steroid dienone is 1. The van der Waals surface area contributed by atoms with Crippen molar-refractivity contribution >= 4 is 11.9 Å². The molecule has 1 aliphatic carbocycles. The van der Waals surface area contributed by atoms with E-state index >= 15 is 0 Å². The molecule has 0 amide bonds. The van der Waals surface area contributed by atoms with E-state index in [0.717, 1.165) is 6.07 Å². The van der Waals surface area contributed by atoms with Crippen LogP contribution in [-0.4, -0.2) is 24.6 Å². The maximum atomic E-state index is 14.1. The number of Topliss-reactive ketones (excluding diaryl/α,β-unsaturated/α-hetero) is 1. The van der Waals surface area contributed by atoms with Crippen LogP contribution in [0.3, 0.4) is 0 Å². The van der Waals surface area contributed by atoms with Crippen LogP contribution in [0.5, 0.6) is 17.2 Å². The molecule has 1 atom stereocenters. The Balaban J connectivity index is 2.01. The van der Waals surface area contributed by atoms with Gasteiger partial charge in [0, 0.05) is 17.1 Å². The van der Waals surface area contributed by atoms with Crippen LogP contribution in [0.15, 0.2) is 35.9 Å². The molecule has 0 bridgehead atoms. The van der Waals surface area contributed by atoms with Crippen LogP contribution in [0.25, 0.3) is 6.08 Å². The Morgan fingerprint density at radius 3 is 2.73 bits per heavy atom. The van der Waals surface area contributed by atoms with Crippen LogP contribution in [0.2, 0.25) is 0 Å². The molecule has 0 unspecified atom stereocenters. The molecular weight excluding hydrogens is 337 g/mol. The molecule has 0 radical (unpaired) electrons. The summed E-state index contributed by atoms with van der Waals surface area (Å²) < 4.78 is 24.7. The number of hydrogen-bond acceptors (Lipinski definition) is 5. The molecule has 0 heterocycles. The molecule has 26 heavy (non-hydrogen) atoms. The maximum Gasteiger partial charge on any atom is 0.193 e. The number of phenolic OH excluding ortho intramolecular Hbond substituents is 1. The smallest absolute Gasteiger partial charge is 0.193 e. The SMILES string of the molecule is COc1cc(/C=C2\C(=O)c3c(O)ccc(F)c3[C@@H]2C)ccc1OCC#N. The van der Waals surface area contributed by atoms with E-state index in [2.05, 4.69) is 0 Å². The first kappa shape index (κ1) is 17.5. The highest BCUT2D eigenvalue weighted by molar-refractivity contribution is 6.18. The van der Waals surface area contributed by atoms with E-state index in [1.54, 1.807) is 31.2 Å². The molecule has 0 saturated heterocycles. The first-order valence-electron chi connectivity index (χ1n) is 7.93. The summed E-state index contributed by atoms with van der Waals surface area (Å²) in [6, 6.07) is 9.24. The van der Waals surface area contributed by atoms with Gasteiger partial charge >= 0.3 is 0 Å². The van der Waals surface area contributed by atoms with Gasteiger partial charge in [-0.3, -0.25) is 4.79 Å². The summed E-state index contributed by atoms with van der Waals surface area (Å²) in [4.78, 5) is 12.7. The number of phenols is 1. The second-order valence-corrected chi connectivity index (χ2v) is 5.86. The zero-order chi connectivity index (χ0) is 18.8. The molecule has 5 nitrogen and oxygen atoms in total. The summed E-state index contributed by atoms with van der Waals surface area (Å²) in [6.07, 6.45) is 1.64. The van der Waals surface area contributed by atoms with Gasteiger partial charge in [0.25, 0.3) is 0 Å². The summed E-state index contributed by atoms with van der Waals surface area (Å²) in [5.74, 6) is -0.786. The van der Waals surface area contributed by atoms with Gasteiger partial charge in [0.2, 0.25) is 0 Å². The molecule has 6 heteroatoms. The van der Waals surface area contributed by atoms with Gasteiger partial charge < -0.3 is 14.6 Å². The maximum absolute atomic E-state index is 14.1. The highest BCUT2D eigenvalue weighted by Gasteiger charge is 2.36. The standard InChI is InChI=1S/C20H16FNO4/c1-11-13(20(24)19-15(23)5-4-14(21)18(11)19)9-12-3-6-16(26-8-7-22)17(10-12)25-2/h3-6,9-11,23H,8H2,1-2H3/b13-9-/t11-/m1/s1. The van der Waals surface area contributed by atoms with Crippen molar-refractivity contribution in [2.45, 2.75) is 12.8 Å². The average Bonchev–Trinajstić information content (AvgIpc) is 2.89. The topological polar surface area (TPSA) is 79.6 Å². The fourth-order valence-electron chi connectivity index (χ4n) is 3.11. The van der Waals surface area contributed by atoms with Gasteiger partial charge in [-0.1, -0.05) is 13.0 Å². The Bertz CT molecular complexity index is 959. The van der Waals surface area contributed by atoms with E-state index < -0.39 is 17.5 Å². The number of ether oxygens (including phenoxy) is 2. The van der Waals surface area contributed by atoms with Gasteiger partial charge in [-0.2, -0.15) is 5.26 Å². The van der Waals surface area contributed by atoms with Crippen LogP contribution in [0, 0.1) is 17.1 Å². The number of aromatic hydroxyl groups is 1. The van der Waals surface area contributed by atoms with Crippen molar-refractivity contribution < 1.29 is 23.8 Å². The number of rotatable bonds is 4. The third-order valence-electron chi connectivity index (χ3n) is 4.36. The zero-order valence-electron chi connectivity index (χ0n) is 14.2. The number of hydrogen-bond donors (Lipinski definition) is 1. The van der Waals surface area contributed by atoms with Crippen molar-refractivity contribution in [3.05, 3.63) is 58.4 Å². The van der Waals surface area contributed by atoms with Crippen molar-refractivity contribution in [2.24, 2.45) is 0 Å². The number of methoxy groups -OCH3 is 1. The third-order valence-corrected chi connectivity index (χ3v) is 4.36. The van der Waals surface area contributed by atoms with Crippen LogP contribution in [0.4, 0.5) is 4.39 Å². The lowest BCUT2D eigenvalue weighted by atomic mass is 9.97. The van der Waals surface area contributed by atoms with Gasteiger partial charge in [0.1, 0.15) is 17.6 Å². The molecular formula is C20H16FNO4. The summed E-state index contributed by atoms with van der Waals surface area (Å²) in [5, 5.41) is 18.6. The Labute approximate surface area is 149 Å². The number of nitriles is 1. The molecule has 2 aromatic rings. The van der Waals surface area contributed by atoms with E-state index in [-0.39, 0.29) is 23.5 Å². The first-order valence-corrected chi connectivity index (χ1v) is 7.93. The van der Waals surface area contributed by atoms with Crippen LogP contribution >= 0.6 is 0 Å². The van der Waals surface area contributed by atoms with Gasteiger partial charge in [-0.15, -0.1) is 0 Å². The van der Waals surface area contributed by atoms with E-state index in [4.69, 9.17) is 14.7 Å². The Morgan fingerprint density at radius 2 is 2.08 bits per heavy atom. The number of carbonyl (C=O) groups is 1. The molecule has 1 aliphatic rings. The molecule has 0 aromatic heterocycles.